The molecular weight excluding hydrogens is 212 g/mol. The number of fused-ring (bicyclic) bond motifs is 1. The smallest absolute Gasteiger partial charge is 0.333 e. The van der Waals surface area contributed by atoms with Gasteiger partial charge in [0.25, 0.3) is 0 Å². The third kappa shape index (κ3) is 1.71. The van der Waals surface area contributed by atoms with Crippen LogP contribution in [-0.4, -0.2) is 22.7 Å². The maximum atomic E-state index is 11.2. The summed E-state index contributed by atoms with van der Waals surface area (Å²) < 4.78 is 1.99. The number of hydrogen-bond acceptors (Lipinski definition) is 2. The summed E-state index contributed by atoms with van der Waals surface area (Å²) in [4.78, 5) is 14.2. The number of aromatic amines is 1. The van der Waals surface area contributed by atoms with Gasteiger partial charge in [0.1, 0.15) is 0 Å². The highest BCUT2D eigenvalue weighted by atomic mass is 32.1. The molecule has 0 aliphatic heterocycles. The first-order chi connectivity index (χ1) is 7.22. The number of benzene rings is 1. The van der Waals surface area contributed by atoms with Crippen molar-refractivity contribution in [2.24, 2.45) is 0 Å². The summed E-state index contributed by atoms with van der Waals surface area (Å²) in [5.41, 5.74) is 4.34. The first-order valence-corrected chi connectivity index (χ1v) is 4.81. The molecule has 2 amide bonds. The van der Waals surface area contributed by atoms with Crippen molar-refractivity contribution in [3.05, 3.63) is 29.0 Å². The zero-order valence-corrected chi connectivity index (χ0v) is 8.89. The minimum absolute atomic E-state index is 0.309. The van der Waals surface area contributed by atoms with Gasteiger partial charge in [0, 0.05) is 7.05 Å². The van der Waals surface area contributed by atoms with Crippen molar-refractivity contribution in [1.82, 2.24) is 15.0 Å². The maximum Gasteiger partial charge on any atom is 0.333 e. The van der Waals surface area contributed by atoms with Gasteiger partial charge < -0.3 is 10.3 Å². The van der Waals surface area contributed by atoms with Crippen LogP contribution in [-0.2, 0) is 0 Å². The van der Waals surface area contributed by atoms with Gasteiger partial charge in [0.15, 0.2) is 4.77 Å². The summed E-state index contributed by atoms with van der Waals surface area (Å²) in [5, 5.41) is 2.46. The minimum Gasteiger partial charge on any atom is -0.340 e. The molecule has 1 aromatic heterocycles. The molecule has 6 heteroatoms. The van der Waals surface area contributed by atoms with Gasteiger partial charge in [-0.15, -0.1) is 0 Å². The summed E-state index contributed by atoms with van der Waals surface area (Å²) in [6.45, 7) is 0. The topological polar surface area (TPSA) is 61.9 Å². The van der Waals surface area contributed by atoms with Gasteiger partial charge in [-0.05, 0) is 24.4 Å². The molecule has 0 bridgehead atoms. The molecule has 0 aliphatic rings. The largest absolute Gasteiger partial charge is 0.340 e. The Labute approximate surface area is 91.1 Å². The Kier molecular flexibility index (Phi) is 2.42. The predicted molar refractivity (Wildman–Crippen MR) is 60.9 cm³/mol. The first kappa shape index (κ1) is 9.72. The lowest BCUT2D eigenvalue weighted by Crippen LogP contribution is -2.31. The van der Waals surface area contributed by atoms with E-state index in [9.17, 15) is 4.79 Å². The molecule has 1 heterocycles. The van der Waals surface area contributed by atoms with Crippen LogP contribution in [0.2, 0.25) is 0 Å². The number of nitrogens with zero attached hydrogens (tertiary/aromatic N) is 1. The number of urea groups is 1. The average Bonchev–Trinajstić information content (AvgIpc) is 2.55. The Hall–Kier alpha value is -1.82. The van der Waals surface area contributed by atoms with Crippen LogP contribution in [0.1, 0.15) is 0 Å². The zero-order valence-electron chi connectivity index (χ0n) is 8.07. The fraction of sp³-hybridized carbons (Fsp3) is 0.111. The lowest BCUT2D eigenvalue weighted by molar-refractivity contribution is 0.251. The minimum atomic E-state index is -0.309. The summed E-state index contributed by atoms with van der Waals surface area (Å²) in [5.74, 6) is 0. The third-order valence-corrected chi connectivity index (χ3v) is 2.31. The molecule has 78 valence electrons. The second kappa shape index (κ2) is 3.74. The van der Waals surface area contributed by atoms with Crippen molar-refractivity contribution < 1.29 is 4.79 Å². The lowest BCUT2D eigenvalue weighted by atomic mass is 10.3. The van der Waals surface area contributed by atoms with Crippen LogP contribution in [0.15, 0.2) is 24.3 Å². The van der Waals surface area contributed by atoms with E-state index in [1.165, 1.54) is 4.68 Å². The van der Waals surface area contributed by atoms with Gasteiger partial charge in [0.05, 0.1) is 11.0 Å². The van der Waals surface area contributed by atoms with Crippen LogP contribution >= 0.6 is 12.2 Å². The number of carbonyl (C=O) groups excluding carboxylic acids is 1. The van der Waals surface area contributed by atoms with E-state index in [0.717, 1.165) is 11.0 Å². The van der Waals surface area contributed by atoms with Gasteiger partial charge in [-0.1, -0.05) is 12.1 Å². The molecule has 0 radical (unpaired) electrons. The van der Waals surface area contributed by atoms with Crippen molar-refractivity contribution in [1.29, 1.82) is 0 Å². The van der Waals surface area contributed by atoms with Gasteiger partial charge in [-0.3, -0.25) is 0 Å². The number of carbonyl (C=O) groups is 1. The molecule has 0 spiro atoms. The van der Waals surface area contributed by atoms with Crippen molar-refractivity contribution in [2.75, 3.05) is 12.5 Å². The van der Waals surface area contributed by atoms with Crippen LogP contribution in [0, 0.1) is 4.77 Å². The fourth-order valence-electron chi connectivity index (χ4n) is 1.32. The fourth-order valence-corrected chi connectivity index (χ4v) is 1.58. The molecule has 3 N–H and O–H groups in total. The number of imidazole rings is 1. The molecule has 0 fully saturated rings. The SMILES string of the molecule is CNC(=O)Nn1c(=S)[nH]c2ccccc21. The molecule has 2 aromatic rings. The van der Waals surface area contributed by atoms with E-state index in [4.69, 9.17) is 12.2 Å². The van der Waals surface area contributed by atoms with E-state index in [1.54, 1.807) is 7.05 Å². The zero-order chi connectivity index (χ0) is 10.8. The van der Waals surface area contributed by atoms with Gasteiger partial charge >= 0.3 is 6.03 Å². The molecule has 2 rings (SSSR count). The lowest BCUT2D eigenvalue weighted by Gasteiger charge is -2.05. The van der Waals surface area contributed by atoms with E-state index in [2.05, 4.69) is 15.7 Å². The molecular formula is C9H10N4OS. The van der Waals surface area contributed by atoms with Crippen molar-refractivity contribution in [2.45, 2.75) is 0 Å². The number of rotatable bonds is 1. The predicted octanol–water partition coefficient (Wildman–Crippen LogP) is 1.58. The molecule has 0 unspecified atom stereocenters. The van der Waals surface area contributed by atoms with Gasteiger partial charge in [-0.2, -0.15) is 0 Å². The van der Waals surface area contributed by atoms with Crippen LogP contribution in [0.5, 0.6) is 0 Å². The standard InChI is InChI=1S/C9H10N4OS/c1-10-8(14)12-13-7-5-3-2-4-6(7)11-9(13)15/h2-5H,1H3,(H,11,15)(H2,10,12,14). The number of amides is 2. The van der Waals surface area contributed by atoms with E-state index in [0.29, 0.717) is 4.77 Å². The highest BCUT2D eigenvalue weighted by Gasteiger charge is 2.04. The van der Waals surface area contributed by atoms with Crippen molar-refractivity contribution >= 4 is 29.3 Å². The highest BCUT2D eigenvalue weighted by Crippen LogP contribution is 2.11. The van der Waals surface area contributed by atoms with Gasteiger partial charge in [0.2, 0.25) is 0 Å². The van der Waals surface area contributed by atoms with E-state index >= 15 is 0 Å². The Balaban J connectivity index is 2.54. The van der Waals surface area contributed by atoms with Crippen LogP contribution in [0.3, 0.4) is 0 Å². The molecule has 5 nitrogen and oxygen atoms in total. The second-order valence-electron chi connectivity index (χ2n) is 2.97. The van der Waals surface area contributed by atoms with E-state index in [1.807, 2.05) is 24.3 Å². The molecule has 0 saturated carbocycles. The van der Waals surface area contributed by atoms with Crippen molar-refractivity contribution in [3.8, 4) is 0 Å². The molecule has 0 aliphatic carbocycles. The van der Waals surface area contributed by atoms with Gasteiger partial charge in [-0.25, -0.2) is 14.9 Å². The highest BCUT2D eigenvalue weighted by molar-refractivity contribution is 7.71. The summed E-state index contributed by atoms with van der Waals surface area (Å²) in [6, 6.07) is 7.24. The second-order valence-corrected chi connectivity index (χ2v) is 3.36. The van der Waals surface area contributed by atoms with E-state index in [-0.39, 0.29) is 6.03 Å². The average molecular weight is 222 g/mol. The van der Waals surface area contributed by atoms with Crippen molar-refractivity contribution in [3.63, 3.8) is 0 Å². The number of hydrogen-bond donors (Lipinski definition) is 3. The quantitative estimate of drug-likeness (QED) is 0.641. The molecule has 1 aromatic carbocycles. The normalized spacial score (nSPS) is 10.2. The molecule has 0 saturated heterocycles. The van der Waals surface area contributed by atoms with Crippen LogP contribution in [0.25, 0.3) is 11.0 Å². The number of para-hydroxylation sites is 2. The van der Waals surface area contributed by atoms with Crippen LogP contribution in [0.4, 0.5) is 4.79 Å². The summed E-state index contributed by atoms with van der Waals surface area (Å²) in [6.07, 6.45) is 0. The Morgan fingerprint density at radius 3 is 2.93 bits per heavy atom. The molecule has 15 heavy (non-hydrogen) atoms. The summed E-state index contributed by atoms with van der Waals surface area (Å²) in [7, 11) is 1.55. The Morgan fingerprint density at radius 2 is 2.20 bits per heavy atom. The number of aromatic nitrogens is 2. The number of H-pyrrole nitrogens is 1. The first-order valence-electron chi connectivity index (χ1n) is 4.41. The maximum absolute atomic E-state index is 11.2. The molecule has 0 atom stereocenters. The summed E-state index contributed by atoms with van der Waals surface area (Å²) >= 11 is 5.08. The number of nitrogens with one attached hydrogen (secondary N) is 3. The van der Waals surface area contributed by atoms with E-state index < -0.39 is 0 Å². The Bertz CT molecular complexity index is 556. The van der Waals surface area contributed by atoms with Crippen LogP contribution < -0.4 is 10.7 Å². The monoisotopic (exact) mass is 222 g/mol. The third-order valence-electron chi connectivity index (χ3n) is 2.03. The Morgan fingerprint density at radius 1 is 1.47 bits per heavy atom.